The third kappa shape index (κ3) is 8.52. The maximum absolute atomic E-state index is 13.6. The van der Waals surface area contributed by atoms with Crippen molar-refractivity contribution in [3.05, 3.63) is 64.7 Å². The lowest BCUT2D eigenvalue weighted by molar-refractivity contribution is -0.140. The highest BCUT2D eigenvalue weighted by Gasteiger charge is 2.31. The Kier molecular flexibility index (Phi) is 9.24. The molecule has 1 atom stereocenters. The number of hydrogen-bond donors (Lipinski definition) is 1. The average Bonchev–Trinajstić information content (AvgIpc) is 2.72. The number of sulfonamides is 1. The number of nitrogens with zero attached hydrogens (tertiary/aromatic N) is 2. The second kappa shape index (κ2) is 11.2. The van der Waals surface area contributed by atoms with Gasteiger partial charge in [-0.05, 0) is 68.5 Å². The summed E-state index contributed by atoms with van der Waals surface area (Å²) in [5.41, 5.74) is 1.55. The fourth-order valence-corrected chi connectivity index (χ4v) is 4.69. The second-order valence-corrected chi connectivity index (χ2v) is 13.5. The summed E-state index contributed by atoms with van der Waals surface area (Å²) in [6.07, 6.45) is 1.06. The first kappa shape index (κ1) is 29.6. The molecule has 0 heterocycles. The molecular formula is C27H38ClN3O4S. The first-order valence-electron chi connectivity index (χ1n) is 11.8. The molecule has 9 heteroatoms. The smallest absolute Gasteiger partial charge is 0.244 e. The van der Waals surface area contributed by atoms with Crippen LogP contribution in [0.5, 0.6) is 0 Å². The van der Waals surface area contributed by atoms with E-state index >= 15 is 0 Å². The summed E-state index contributed by atoms with van der Waals surface area (Å²) < 4.78 is 26.5. The van der Waals surface area contributed by atoms with Crippen LogP contribution in [0.1, 0.15) is 59.6 Å². The van der Waals surface area contributed by atoms with E-state index in [0.29, 0.717) is 10.7 Å². The fourth-order valence-electron chi connectivity index (χ4n) is 3.63. The lowest BCUT2D eigenvalue weighted by Gasteiger charge is -2.33. The number of anilines is 1. The van der Waals surface area contributed by atoms with Gasteiger partial charge < -0.3 is 10.2 Å². The van der Waals surface area contributed by atoms with E-state index < -0.39 is 34.1 Å². The van der Waals surface area contributed by atoms with Crippen LogP contribution in [-0.2, 0) is 31.6 Å². The number of carbonyl (C=O) groups is 2. The van der Waals surface area contributed by atoms with Crippen molar-refractivity contribution in [1.82, 2.24) is 10.2 Å². The summed E-state index contributed by atoms with van der Waals surface area (Å²) in [6.45, 7) is 13.0. The van der Waals surface area contributed by atoms with Gasteiger partial charge in [-0.3, -0.25) is 13.9 Å². The summed E-state index contributed by atoms with van der Waals surface area (Å²) in [4.78, 5) is 28.0. The fraction of sp³-hybridized carbons (Fsp3) is 0.481. The molecule has 2 amide bonds. The van der Waals surface area contributed by atoms with Gasteiger partial charge in [0.2, 0.25) is 21.8 Å². The summed E-state index contributed by atoms with van der Waals surface area (Å²) >= 11 is 6.14. The number of amides is 2. The van der Waals surface area contributed by atoms with E-state index in [-0.39, 0.29) is 17.9 Å². The molecule has 2 aromatic carbocycles. The van der Waals surface area contributed by atoms with E-state index in [4.69, 9.17) is 11.6 Å². The van der Waals surface area contributed by atoms with E-state index in [2.05, 4.69) is 26.1 Å². The van der Waals surface area contributed by atoms with E-state index in [1.165, 1.54) is 4.90 Å². The summed E-state index contributed by atoms with van der Waals surface area (Å²) in [7, 11) is -3.79. The van der Waals surface area contributed by atoms with Gasteiger partial charge in [0.1, 0.15) is 12.6 Å². The van der Waals surface area contributed by atoms with Crippen LogP contribution < -0.4 is 9.62 Å². The van der Waals surface area contributed by atoms with Crippen LogP contribution in [0.2, 0.25) is 5.02 Å². The van der Waals surface area contributed by atoms with Crippen molar-refractivity contribution in [2.45, 2.75) is 72.0 Å². The summed E-state index contributed by atoms with van der Waals surface area (Å²) in [6, 6.07) is 13.3. The molecule has 0 saturated carbocycles. The monoisotopic (exact) mass is 535 g/mol. The van der Waals surface area contributed by atoms with E-state index in [1.54, 1.807) is 43.3 Å². The van der Waals surface area contributed by atoms with E-state index in [1.807, 2.05) is 32.9 Å². The standard InChI is InChI=1S/C27H38ClN3O4S/c1-19(25(33)29-27(5,6)7)30(17-20-10-9-11-22(28)16-20)24(32)18-31(36(8,34)35)23-14-12-21(13-15-23)26(2,3)4/h9-16,19H,17-18H2,1-8H3,(H,29,33)/t19-/m1/s1. The SMILES string of the molecule is C[C@H](C(=O)NC(C)(C)C)N(Cc1cccc(Cl)c1)C(=O)CN(c1ccc(C(C)(C)C)cc1)S(C)(=O)=O. The number of carbonyl (C=O) groups excluding carboxylic acids is 2. The van der Waals surface area contributed by atoms with Crippen molar-refractivity contribution in [2.75, 3.05) is 17.1 Å². The molecule has 0 aromatic heterocycles. The van der Waals surface area contributed by atoms with Crippen molar-refractivity contribution in [1.29, 1.82) is 0 Å². The number of hydrogen-bond acceptors (Lipinski definition) is 4. The Hall–Kier alpha value is -2.58. The van der Waals surface area contributed by atoms with Crippen molar-refractivity contribution >= 4 is 39.1 Å². The minimum Gasteiger partial charge on any atom is -0.350 e. The van der Waals surface area contributed by atoms with Gasteiger partial charge in [0, 0.05) is 17.1 Å². The number of rotatable bonds is 8. The van der Waals surface area contributed by atoms with Crippen LogP contribution in [0.3, 0.4) is 0 Å². The van der Waals surface area contributed by atoms with Crippen molar-refractivity contribution in [2.24, 2.45) is 0 Å². The number of benzene rings is 2. The first-order chi connectivity index (χ1) is 16.4. The van der Waals surface area contributed by atoms with Crippen LogP contribution in [0.15, 0.2) is 48.5 Å². The molecule has 0 aliphatic carbocycles. The van der Waals surface area contributed by atoms with Crippen molar-refractivity contribution in [3.8, 4) is 0 Å². The molecule has 0 aliphatic rings. The quantitative estimate of drug-likeness (QED) is 0.529. The first-order valence-corrected chi connectivity index (χ1v) is 14.1. The third-order valence-corrected chi connectivity index (χ3v) is 6.98. The maximum atomic E-state index is 13.6. The van der Waals surface area contributed by atoms with Crippen molar-refractivity contribution in [3.63, 3.8) is 0 Å². The van der Waals surface area contributed by atoms with Gasteiger partial charge in [0.15, 0.2) is 0 Å². The molecule has 2 rings (SSSR count). The molecule has 0 spiro atoms. The molecule has 7 nitrogen and oxygen atoms in total. The molecule has 2 aromatic rings. The number of nitrogens with one attached hydrogen (secondary N) is 1. The van der Waals surface area contributed by atoms with Gasteiger partial charge in [-0.1, -0.05) is 56.6 Å². The Morgan fingerprint density at radius 2 is 1.58 bits per heavy atom. The minimum absolute atomic E-state index is 0.0959. The van der Waals surface area contributed by atoms with Crippen LogP contribution in [0.4, 0.5) is 5.69 Å². The zero-order valence-electron chi connectivity index (χ0n) is 22.4. The van der Waals surface area contributed by atoms with E-state index in [9.17, 15) is 18.0 Å². The highest BCUT2D eigenvalue weighted by atomic mass is 35.5. The second-order valence-electron chi connectivity index (χ2n) is 11.1. The summed E-state index contributed by atoms with van der Waals surface area (Å²) in [5.74, 6) is -0.838. The van der Waals surface area contributed by atoms with Gasteiger partial charge in [0.25, 0.3) is 0 Å². The Labute approximate surface area is 220 Å². The maximum Gasteiger partial charge on any atom is 0.244 e. The molecule has 198 valence electrons. The lowest BCUT2D eigenvalue weighted by atomic mass is 9.87. The minimum atomic E-state index is -3.79. The van der Waals surface area contributed by atoms with Gasteiger partial charge >= 0.3 is 0 Å². The Morgan fingerprint density at radius 1 is 1.00 bits per heavy atom. The Balaban J connectivity index is 2.42. The molecule has 0 fully saturated rings. The number of halogens is 1. The van der Waals surface area contributed by atoms with Gasteiger partial charge in [0.05, 0.1) is 11.9 Å². The zero-order chi connectivity index (χ0) is 27.5. The lowest BCUT2D eigenvalue weighted by Crippen LogP contribution is -2.54. The molecule has 0 saturated heterocycles. The molecule has 0 bridgehead atoms. The average molecular weight is 536 g/mol. The zero-order valence-corrected chi connectivity index (χ0v) is 24.0. The topological polar surface area (TPSA) is 86.8 Å². The van der Waals surface area contributed by atoms with Crippen molar-refractivity contribution < 1.29 is 18.0 Å². The van der Waals surface area contributed by atoms with Gasteiger partial charge in [-0.25, -0.2) is 8.42 Å². The molecule has 0 radical (unpaired) electrons. The van der Waals surface area contributed by atoms with Crippen LogP contribution in [0, 0.1) is 0 Å². The Bertz CT molecular complexity index is 1180. The van der Waals surface area contributed by atoms with Gasteiger partial charge in [-0.2, -0.15) is 0 Å². The normalized spacial score (nSPS) is 13.1. The highest BCUT2D eigenvalue weighted by Crippen LogP contribution is 2.26. The highest BCUT2D eigenvalue weighted by molar-refractivity contribution is 7.92. The predicted molar refractivity (Wildman–Crippen MR) is 147 cm³/mol. The molecule has 0 unspecified atom stereocenters. The van der Waals surface area contributed by atoms with Gasteiger partial charge in [-0.15, -0.1) is 0 Å². The largest absolute Gasteiger partial charge is 0.350 e. The van der Waals surface area contributed by atoms with Crippen LogP contribution in [0.25, 0.3) is 0 Å². The molecule has 36 heavy (non-hydrogen) atoms. The predicted octanol–water partition coefficient (Wildman–Crippen LogP) is 4.74. The molecule has 0 aliphatic heterocycles. The summed E-state index contributed by atoms with van der Waals surface area (Å²) in [5, 5.41) is 3.40. The van der Waals surface area contributed by atoms with Crippen LogP contribution >= 0.6 is 11.6 Å². The molecular weight excluding hydrogens is 498 g/mol. The Morgan fingerprint density at radius 3 is 2.06 bits per heavy atom. The third-order valence-electron chi connectivity index (χ3n) is 5.61. The molecule has 1 N–H and O–H groups in total. The van der Waals surface area contributed by atoms with Crippen LogP contribution in [-0.4, -0.2) is 49.5 Å². The van der Waals surface area contributed by atoms with E-state index in [0.717, 1.165) is 21.7 Å².